The first-order valence-electron chi connectivity index (χ1n) is 13.4. The molecule has 0 atom stereocenters. The Balaban J connectivity index is 1.25. The van der Waals surface area contributed by atoms with Crippen molar-refractivity contribution in [3.05, 3.63) is 70.5 Å². The summed E-state index contributed by atoms with van der Waals surface area (Å²) < 4.78 is 30.3. The predicted molar refractivity (Wildman–Crippen MR) is 150 cm³/mol. The average molecular weight is 550 g/mol. The number of anilines is 2. The number of aryl methyl sites for hydroxylation is 3. The van der Waals surface area contributed by atoms with E-state index in [1.54, 1.807) is 18.7 Å². The molecule has 1 N–H and O–H groups in total. The largest absolute Gasteiger partial charge is 0.326 e. The summed E-state index contributed by atoms with van der Waals surface area (Å²) in [5, 5.41) is 7.42. The van der Waals surface area contributed by atoms with Crippen LogP contribution in [-0.2, 0) is 32.6 Å². The average Bonchev–Trinajstić information content (AvgIpc) is 3.46. The van der Waals surface area contributed by atoms with Gasteiger partial charge in [-0.2, -0.15) is 9.40 Å². The van der Waals surface area contributed by atoms with Crippen LogP contribution in [0.15, 0.2) is 47.4 Å². The van der Waals surface area contributed by atoms with Crippen LogP contribution in [0.4, 0.5) is 11.4 Å². The number of aromatic nitrogens is 2. The Bertz CT molecular complexity index is 1540. The summed E-state index contributed by atoms with van der Waals surface area (Å²) in [5.74, 6) is -0.466. The van der Waals surface area contributed by atoms with E-state index < -0.39 is 10.0 Å². The maximum absolute atomic E-state index is 13.7. The molecule has 2 aliphatic rings. The van der Waals surface area contributed by atoms with Gasteiger partial charge in [0, 0.05) is 36.9 Å². The minimum atomic E-state index is -3.83. The van der Waals surface area contributed by atoms with Gasteiger partial charge in [0.25, 0.3) is 0 Å². The Kier molecular flexibility index (Phi) is 7.35. The highest BCUT2D eigenvalue weighted by Crippen LogP contribution is 2.30. The van der Waals surface area contributed by atoms with Gasteiger partial charge in [0.05, 0.1) is 11.4 Å². The molecular formula is C29H35N5O4S. The second-order valence-corrected chi connectivity index (χ2v) is 12.4. The summed E-state index contributed by atoms with van der Waals surface area (Å²) in [7, 11) is -3.83. The van der Waals surface area contributed by atoms with Crippen LogP contribution in [0.2, 0.25) is 0 Å². The standard InChI is InChI=1S/C29H35N5O4S/c1-19-9-10-25(17-20(19)2)30-29(36)24-11-14-32(15-12-24)39(37,38)28-21(3)31-34(22(28)4)18-27(35)33-16-13-23-7-5-6-8-26(23)33/h5-10,17,24H,11-16,18H2,1-4H3,(H,30,36). The number of nitrogens with zero attached hydrogens (tertiary/aromatic N) is 4. The normalized spacial score (nSPS) is 16.4. The van der Waals surface area contributed by atoms with E-state index in [1.165, 1.54) is 8.99 Å². The molecule has 2 aromatic carbocycles. The topological polar surface area (TPSA) is 105 Å². The number of carbonyl (C=O) groups excluding carboxylic acids is 2. The minimum Gasteiger partial charge on any atom is -0.326 e. The summed E-state index contributed by atoms with van der Waals surface area (Å²) in [6, 6.07) is 13.6. The minimum absolute atomic E-state index is 0.0305. The van der Waals surface area contributed by atoms with Crippen molar-refractivity contribution in [2.75, 3.05) is 29.9 Å². The number of para-hydroxylation sites is 1. The Morgan fingerprint density at radius 2 is 1.69 bits per heavy atom. The summed E-state index contributed by atoms with van der Waals surface area (Å²) in [5.41, 5.74) is 5.87. The van der Waals surface area contributed by atoms with Gasteiger partial charge in [0.2, 0.25) is 21.8 Å². The third-order valence-electron chi connectivity index (χ3n) is 7.99. The summed E-state index contributed by atoms with van der Waals surface area (Å²) in [6.45, 7) is 8.46. The van der Waals surface area contributed by atoms with Crippen LogP contribution < -0.4 is 10.2 Å². The van der Waals surface area contributed by atoms with Gasteiger partial charge in [-0.1, -0.05) is 24.3 Å². The fourth-order valence-corrected chi connectivity index (χ4v) is 7.41. The molecule has 0 bridgehead atoms. The molecule has 3 aromatic rings. The molecule has 1 fully saturated rings. The molecule has 0 unspecified atom stereocenters. The van der Waals surface area contributed by atoms with E-state index >= 15 is 0 Å². The number of sulfonamides is 1. The van der Waals surface area contributed by atoms with Gasteiger partial charge >= 0.3 is 0 Å². The van der Waals surface area contributed by atoms with E-state index in [4.69, 9.17) is 0 Å². The lowest BCUT2D eigenvalue weighted by molar-refractivity contribution is -0.121. The van der Waals surface area contributed by atoms with E-state index in [0.717, 1.165) is 34.5 Å². The number of piperidine rings is 1. The second kappa shape index (κ2) is 10.6. The first-order chi connectivity index (χ1) is 18.6. The van der Waals surface area contributed by atoms with Crippen molar-refractivity contribution in [3.8, 4) is 0 Å². The Labute approximate surface area is 229 Å². The van der Waals surface area contributed by atoms with Crippen LogP contribution in [0.3, 0.4) is 0 Å². The lowest BCUT2D eigenvalue weighted by atomic mass is 9.97. The van der Waals surface area contributed by atoms with Crippen LogP contribution in [0.25, 0.3) is 0 Å². The van der Waals surface area contributed by atoms with Gasteiger partial charge in [0.1, 0.15) is 11.4 Å². The molecule has 1 saturated heterocycles. The maximum atomic E-state index is 13.7. The first-order valence-corrected chi connectivity index (χ1v) is 14.8. The number of fused-ring (bicyclic) bond motifs is 1. The van der Waals surface area contributed by atoms with Gasteiger partial charge in [-0.25, -0.2) is 8.42 Å². The molecule has 39 heavy (non-hydrogen) atoms. The lowest BCUT2D eigenvalue weighted by Crippen LogP contribution is -2.41. The van der Waals surface area contributed by atoms with E-state index in [2.05, 4.69) is 10.4 Å². The van der Waals surface area contributed by atoms with Crippen molar-refractivity contribution in [1.82, 2.24) is 14.1 Å². The number of benzene rings is 2. The zero-order valence-electron chi connectivity index (χ0n) is 22.9. The van der Waals surface area contributed by atoms with E-state index in [-0.39, 0.29) is 42.3 Å². The fraction of sp³-hybridized carbons (Fsp3) is 0.414. The van der Waals surface area contributed by atoms with Crippen molar-refractivity contribution >= 4 is 33.2 Å². The first kappa shape index (κ1) is 27.1. The van der Waals surface area contributed by atoms with Gasteiger partial charge in [0.15, 0.2) is 0 Å². The van der Waals surface area contributed by atoms with Gasteiger partial charge in [-0.3, -0.25) is 14.3 Å². The molecule has 1 aromatic heterocycles. The summed E-state index contributed by atoms with van der Waals surface area (Å²) >= 11 is 0. The quantitative estimate of drug-likeness (QED) is 0.504. The molecule has 0 radical (unpaired) electrons. The Morgan fingerprint density at radius 1 is 0.974 bits per heavy atom. The van der Waals surface area contributed by atoms with Crippen molar-refractivity contribution < 1.29 is 18.0 Å². The van der Waals surface area contributed by atoms with Crippen LogP contribution in [-0.4, -0.2) is 54.0 Å². The number of amides is 2. The zero-order valence-corrected chi connectivity index (χ0v) is 23.7. The van der Waals surface area contributed by atoms with Gasteiger partial charge in [-0.05, 0) is 81.8 Å². The number of carbonyl (C=O) groups is 2. The van der Waals surface area contributed by atoms with E-state index in [9.17, 15) is 18.0 Å². The Morgan fingerprint density at radius 3 is 2.41 bits per heavy atom. The number of hydrogen-bond donors (Lipinski definition) is 1. The summed E-state index contributed by atoms with van der Waals surface area (Å²) in [4.78, 5) is 27.9. The van der Waals surface area contributed by atoms with Crippen molar-refractivity contribution in [2.45, 2.75) is 58.4 Å². The lowest BCUT2D eigenvalue weighted by Gasteiger charge is -2.30. The van der Waals surface area contributed by atoms with Crippen LogP contribution >= 0.6 is 0 Å². The molecule has 2 amide bonds. The van der Waals surface area contributed by atoms with Crippen LogP contribution in [0, 0.1) is 33.6 Å². The predicted octanol–water partition coefficient (Wildman–Crippen LogP) is 3.75. The highest BCUT2D eigenvalue weighted by atomic mass is 32.2. The molecule has 9 nitrogen and oxygen atoms in total. The van der Waals surface area contributed by atoms with Crippen LogP contribution in [0.5, 0.6) is 0 Å². The Hall–Kier alpha value is -3.50. The SMILES string of the molecule is Cc1ccc(NC(=O)C2CCN(S(=O)(=O)c3c(C)nn(CC(=O)N4CCc5ccccc54)c3C)CC2)cc1C. The van der Waals surface area contributed by atoms with Crippen LogP contribution in [0.1, 0.15) is 40.9 Å². The molecule has 3 heterocycles. The molecule has 0 spiro atoms. The molecule has 206 valence electrons. The molecule has 10 heteroatoms. The van der Waals surface area contributed by atoms with Gasteiger partial charge in [-0.15, -0.1) is 0 Å². The van der Waals surface area contributed by atoms with E-state index in [1.807, 2.05) is 56.3 Å². The molecule has 0 saturated carbocycles. The number of rotatable bonds is 6. The third kappa shape index (κ3) is 5.23. The van der Waals surface area contributed by atoms with Crippen molar-refractivity contribution in [1.29, 1.82) is 0 Å². The number of hydrogen-bond acceptors (Lipinski definition) is 5. The molecule has 5 rings (SSSR count). The summed E-state index contributed by atoms with van der Waals surface area (Å²) in [6.07, 6.45) is 1.68. The number of nitrogens with one attached hydrogen (secondary N) is 1. The fourth-order valence-electron chi connectivity index (χ4n) is 5.57. The maximum Gasteiger partial charge on any atom is 0.248 e. The highest BCUT2D eigenvalue weighted by Gasteiger charge is 2.36. The zero-order chi connectivity index (χ0) is 27.9. The second-order valence-electron chi connectivity index (χ2n) is 10.5. The van der Waals surface area contributed by atoms with E-state index in [0.29, 0.717) is 30.8 Å². The van der Waals surface area contributed by atoms with Crippen molar-refractivity contribution in [2.24, 2.45) is 5.92 Å². The van der Waals surface area contributed by atoms with Crippen molar-refractivity contribution in [3.63, 3.8) is 0 Å². The monoisotopic (exact) mass is 549 g/mol. The molecular weight excluding hydrogens is 514 g/mol. The smallest absolute Gasteiger partial charge is 0.248 e. The molecule has 0 aliphatic carbocycles. The highest BCUT2D eigenvalue weighted by molar-refractivity contribution is 7.89. The van der Waals surface area contributed by atoms with Gasteiger partial charge < -0.3 is 10.2 Å². The third-order valence-corrected chi connectivity index (χ3v) is 10.1. The molecule has 2 aliphatic heterocycles.